The number of nitriles is 2. The van der Waals surface area contributed by atoms with Crippen LogP contribution in [0.4, 0.5) is 11.4 Å². The van der Waals surface area contributed by atoms with E-state index >= 15 is 0 Å². The van der Waals surface area contributed by atoms with E-state index in [0.29, 0.717) is 33.6 Å². The number of aromatic nitrogens is 2. The lowest BCUT2D eigenvalue weighted by Crippen LogP contribution is -1.98. The summed E-state index contributed by atoms with van der Waals surface area (Å²) in [6.07, 6.45) is 0. The molecule has 0 N–H and O–H groups in total. The van der Waals surface area contributed by atoms with E-state index in [2.05, 4.69) is 97.7 Å². The van der Waals surface area contributed by atoms with Gasteiger partial charge in [-0.15, -0.1) is 0 Å². The fourth-order valence-electron chi connectivity index (χ4n) is 7.69. The average molecular weight is 661 g/mol. The van der Waals surface area contributed by atoms with Crippen molar-refractivity contribution in [3.63, 3.8) is 0 Å². The van der Waals surface area contributed by atoms with E-state index in [0.717, 1.165) is 66.1 Å². The molecule has 0 bridgehead atoms. The Hall–Kier alpha value is -7.90. The zero-order valence-corrected chi connectivity index (χ0v) is 27.5. The van der Waals surface area contributed by atoms with Crippen LogP contribution in [0.15, 0.2) is 146 Å². The Morgan fingerprint density at radius 3 is 1.83 bits per heavy atom. The second-order valence-corrected chi connectivity index (χ2v) is 12.5. The molecule has 9 aromatic rings. The highest BCUT2D eigenvalue weighted by molar-refractivity contribution is 6.16. The van der Waals surface area contributed by atoms with Crippen LogP contribution in [0.3, 0.4) is 0 Å². The first kappa shape index (κ1) is 30.2. The summed E-state index contributed by atoms with van der Waals surface area (Å²) in [7, 11) is 0. The minimum absolute atomic E-state index is 0.410. The van der Waals surface area contributed by atoms with Crippen LogP contribution in [0, 0.1) is 35.8 Å². The third-order valence-electron chi connectivity index (χ3n) is 9.84. The van der Waals surface area contributed by atoms with Gasteiger partial charge in [0.1, 0.15) is 0 Å². The van der Waals surface area contributed by atoms with Gasteiger partial charge in [0.05, 0.1) is 58.5 Å². The summed E-state index contributed by atoms with van der Waals surface area (Å²) >= 11 is 0. The molecule has 0 aliphatic heterocycles. The van der Waals surface area contributed by atoms with Gasteiger partial charge in [-0.2, -0.15) is 10.5 Å². The van der Waals surface area contributed by atoms with Crippen LogP contribution in [0.25, 0.3) is 86.9 Å². The largest absolute Gasteiger partial charge is 0.309 e. The Labute approximate surface area is 299 Å². The van der Waals surface area contributed by atoms with Crippen molar-refractivity contribution in [1.82, 2.24) is 9.13 Å². The van der Waals surface area contributed by atoms with Gasteiger partial charge < -0.3 is 9.13 Å². The molecule has 0 amide bonds. The first-order chi connectivity index (χ1) is 25.6. The highest BCUT2D eigenvalue weighted by Gasteiger charge is 2.22. The molecule has 0 saturated carbocycles. The lowest BCUT2D eigenvalue weighted by Gasteiger charge is -2.15. The highest BCUT2D eigenvalue weighted by atomic mass is 15.0. The molecular formula is C46H24N6. The van der Waals surface area contributed by atoms with E-state index in [1.807, 2.05) is 42.5 Å². The molecule has 6 heteroatoms. The van der Waals surface area contributed by atoms with Gasteiger partial charge in [0, 0.05) is 44.0 Å². The van der Waals surface area contributed by atoms with E-state index < -0.39 is 0 Å². The first-order valence-corrected chi connectivity index (χ1v) is 16.6. The van der Waals surface area contributed by atoms with Gasteiger partial charge in [0.15, 0.2) is 11.4 Å². The quantitative estimate of drug-likeness (QED) is 0.176. The molecule has 0 spiro atoms. The van der Waals surface area contributed by atoms with Crippen molar-refractivity contribution in [3.05, 3.63) is 180 Å². The smallest absolute Gasteiger partial charge is 0.184 e. The van der Waals surface area contributed by atoms with Crippen molar-refractivity contribution in [1.29, 1.82) is 10.5 Å². The second kappa shape index (κ2) is 11.9. The zero-order chi connectivity index (χ0) is 35.3. The topological polar surface area (TPSA) is 66.2 Å². The number of hydrogen-bond donors (Lipinski definition) is 0. The molecule has 2 heterocycles. The van der Waals surface area contributed by atoms with Crippen molar-refractivity contribution in [2.24, 2.45) is 0 Å². The van der Waals surface area contributed by atoms with Crippen LogP contribution in [0.2, 0.25) is 0 Å². The Bertz CT molecular complexity index is 3050. The summed E-state index contributed by atoms with van der Waals surface area (Å²) in [5, 5.41) is 24.6. The van der Waals surface area contributed by atoms with Crippen molar-refractivity contribution < 1.29 is 0 Å². The summed E-state index contributed by atoms with van der Waals surface area (Å²) in [6, 6.07) is 52.4. The summed E-state index contributed by atoms with van der Waals surface area (Å²) in [4.78, 5) is 7.56. The fraction of sp³-hybridized carbons (Fsp3) is 0. The monoisotopic (exact) mass is 660 g/mol. The van der Waals surface area contributed by atoms with Gasteiger partial charge in [-0.1, -0.05) is 91.0 Å². The van der Waals surface area contributed by atoms with E-state index in [-0.39, 0.29) is 0 Å². The summed E-state index contributed by atoms with van der Waals surface area (Å²) < 4.78 is 4.48. The molecule has 2 aromatic heterocycles. The fourth-order valence-corrected chi connectivity index (χ4v) is 7.69. The summed E-state index contributed by atoms with van der Waals surface area (Å²) in [5.41, 5.74) is 10.2. The maximum absolute atomic E-state index is 10.3. The van der Waals surface area contributed by atoms with E-state index in [1.54, 1.807) is 36.4 Å². The number of nitrogens with zero attached hydrogens (tertiary/aromatic N) is 6. The van der Waals surface area contributed by atoms with Crippen molar-refractivity contribution in [3.8, 4) is 45.8 Å². The van der Waals surface area contributed by atoms with Crippen LogP contribution in [-0.4, -0.2) is 9.13 Å². The molecule has 52 heavy (non-hydrogen) atoms. The van der Waals surface area contributed by atoms with Crippen molar-refractivity contribution >= 4 is 55.0 Å². The van der Waals surface area contributed by atoms with Gasteiger partial charge >= 0.3 is 0 Å². The second-order valence-electron chi connectivity index (χ2n) is 12.5. The normalized spacial score (nSPS) is 11.0. The lowest BCUT2D eigenvalue weighted by molar-refractivity contribution is 1.17. The Morgan fingerprint density at radius 1 is 0.462 bits per heavy atom. The van der Waals surface area contributed by atoms with E-state index in [9.17, 15) is 10.5 Å². The number of benzene rings is 7. The number of para-hydroxylation sites is 3. The highest BCUT2D eigenvalue weighted by Crippen LogP contribution is 2.45. The van der Waals surface area contributed by atoms with Gasteiger partial charge in [-0.3, -0.25) is 0 Å². The van der Waals surface area contributed by atoms with Crippen LogP contribution < -0.4 is 0 Å². The predicted molar refractivity (Wildman–Crippen MR) is 208 cm³/mol. The number of rotatable bonds is 4. The van der Waals surface area contributed by atoms with Gasteiger partial charge in [0.25, 0.3) is 0 Å². The molecule has 6 nitrogen and oxygen atoms in total. The average Bonchev–Trinajstić information content (AvgIpc) is 3.72. The molecule has 238 valence electrons. The summed E-state index contributed by atoms with van der Waals surface area (Å²) in [6.45, 7) is 15.8. The SMILES string of the molecule is [C-]#[N+]c1cccc([N+]#[C-])c1-c1ccc2c3cccc(-c4c(C#N)cccc4C#N)c3n(-c3ccc4c(c3)c3ccccc3n4-c3ccccc3)c2c1. The van der Waals surface area contributed by atoms with Crippen LogP contribution >= 0.6 is 0 Å². The molecule has 0 radical (unpaired) electrons. The van der Waals surface area contributed by atoms with Gasteiger partial charge in [-0.05, 0) is 65.7 Å². The lowest BCUT2D eigenvalue weighted by atomic mass is 9.93. The van der Waals surface area contributed by atoms with Crippen LogP contribution in [-0.2, 0) is 0 Å². The molecule has 0 unspecified atom stereocenters. The molecule has 0 saturated heterocycles. The first-order valence-electron chi connectivity index (χ1n) is 16.6. The standard InChI is InChI=1S/C46H24N6/c1-49-39-18-10-19-40(50-2)45(39)29-21-23-35-36-16-9-17-37(44-30(27-47)11-8-12-31(44)28-48)46(36)52(43(35)25-29)33-22-24-42-38(26-33)34-15-6-7-20-41(34)51(42)32-13-4-3-5-14-32/h3-26H. The molecule has 0 fully saturated rings. The molecule has 0 aliphatic rings. The van der Waals surface area contributed by atoms with Crippen molar-refractivity contribution in [2.45, 2.75) is 0 Å². The Balaban J connectivity index is 1.44. The maximum atomic E-state index is 10.3. The molecular weight excluding hydrogens is 637 g/mol. The minimum Gasteiger partial charge on any atom is -0.309 e. The maximum Gasteiger partial charge on any atom is 0.184 e. The van der Waals surface area contributed by atoms with Crippen LogP contribution in [0.5, 0.6) is 0 Å². The molecule has 0 aliphatic carbocycles. The summed E-state index contributed by atoms with van der Waals surface area (Å²) in [5.74, 6) is 0. The zero-order valence-electron chi connectivity index (χ0n) is 27.5. The number of fused-ring (bicyclic) bond motifs is 6. The molecule has 0 atom stereocenters. The third kappa shape index (κ3) is 4.40. The molecule has 9 rings (SSSR count). The third-order valence-corrected chi connectivity index (χ3v) is 9.84. The van der Waals surface area contributed by atoms with Gasteiger partial charge in [-0.25, -0.2) is 9.69 Å². The Kier molecular flexibility index (Phi) is 6.91. The predicted octanol–water partition coefficient (Wildman–Crippen LogP) is 12.1. The van der Waals surface area contributed by atoms with Crippen molar-refractivity contribution in [2.75, 3.05) is 0 Å². The van der Waals surface area contributed by atoms with E-state index in [1.165, 1.54) is 0 Å². The number of hydrogen-bond acceptors (Lipinski definition) is 2. The van der Waals surface area contributed by atoms with Gasteiger partial charge in [0.2, 0.25) is 0 Å². The minimum atomic E-state index is 0.410. The van der Waals surface area contributed by atoms with Crippen LogP contribution in [0.1, 0.15) is 11.1 Å². The Morgan fingerprint density at radius 2 is 1.10 bits per heavy atom. The van der Waals surface area contributed by atoms with E-state index in [4.69, 9.17) is 13.1 Å². The molecule has 7 aromatic carbocycles.